The third-order valence-electron chi connectivity index (χ3n) is 3.01. The number of benzene rings is 1. The summed E-state index contributed by atoms with van der Waals surface area (Å²) in [5.74, 6) is 0.175. The third kappa shape index (κ3) is 2.66. The number of hydrogen-bond donors (Lipinski definition) is 1. The van der Waals surface area contributed by atoms with Gasteiger partial charge < -0.3 is 10.6 Å². The predicted octanol–water partition coefficient (Wildman–Crippen LogP) is 2.30. The van der Waals surface area contributed by atoms with E-state index in [0.29, 0.717) is 0 Å². The molecule has 7 heteroatoms. The molecule has 0 fully saturated rings. The minimum Gasteiger partial charge on any atom is -0.368 e. The van der Waals surface area contributed by atoms with Crippen molar-refractivity contribution in [2.24, 2.45) is 0 Å². The van der Waals surface area contributed by atoms with E-state index in [-0.39, 0.29) is 17.5 Å². The Morgan fingerprint density at radius 2 is 2.00 bits per heavy atom. The van der Waals surface area contributed by atoms with Gasteiger partial charge in [-0.2, -0.15) is 4.98 Å². The lowest BCUT2D eigenvalue weighted by molar-refractivity contribution is -0.384. The molecule has 0 spiro atoms. The van der Waals surface area contributed by atoms with E-state index >= 15 is 0 Å². The van der Waals surface area contributed by atoms with Crippen LogP contribution in [0.25, 0.3) is 0 Å². The smallest absolute Gasteiger partial charge is 0.330 e. The number of nitrogens with two attached hydrogens (primary N) is 1. The van der Waals surface area contributed by atoms with Crippen LogP contribution in [0.4, 0.5) is 23.1 Å². The summed E-state index contributed by atoms with van der Waals surface area (Å²) in [6.45, 7) is 2.06. The second-order valence-corrected chi connectivity index (χ2v) is 4.27. The summed E-state index contributed by atoms with van der Waals surface area (Å²) in [5.41, 5.74) is 7.33. The lowest BCUT2D eigenvalue weighted by Crippen LogP contribution is -2.14. The van der Waals surface area contributed by atoms with E-state index in [1.807, 2.05) is 24.3 Å². The number of nitro groups is 1. The van der Waals surface area contributed by atoms with Crippen molar-refractivity contribution in [1.29, 1.82) is 0 Å². The van der Waals surface area contributed by atoms with Crippen molar-refractivity contribution in [1.82, 2.24) is 9.97 Å². The zero-order valence-corrected chi connectivity index (χ0v) is 11.3. The molecule has 7 nitrogen and oxygen atoms in total. The van der Waals surface area contributed by atoms with Gasteiger partial charge in [0.15, 0.2) is 0 Å². The molecule has 2 N–H and O–H groups in total. The van der Waals surface area contributed by atoms with Gasteiger partial charge in [0.05, 0.1) is 4.92 Å². The van der Waals surface area contributed by atoms with Crippen LogP contribution in [0, 0.1) is 10.1 Å². The number of nitrogens with zero attached hydrogens (tertiary/aromatic N) is 4. The standard InChI is InChI=1S/C13H15N5O2/c1-3-9-4-6-10(7-5-9)17(2)12-11(18(19)20)8-15-13(14)16-12/h4-8H,3H2,1-2H3,(H2,14,15,16). The summed E-state index contributed by atoms with van der Waals surface area (Å²) < 4.78 is 0. The molecule has 0 bridgehead atoms. The first-order valence-corrected chi connectivity index (χ1v) is 6.12. The van der Waals surface area contributed by atoms with E-state index in [9.17, 15) is 10.1 Å². The summed E-state index contributed by atoms with van der Waals surface area (Å²) in [6, 6.07) is 7.73. The van der Waals surface area contributed by atoms with Gasteiger partial charge >= 0.3 is 5.69 Å². The van der Waals surface area contributed by atoms with Crippen molar-refractivity contribution in [2.75, 3.05) is 17.7 Å². The normalized spacial score (nSPS) is 10.3. The molecule has 2 aromatic rings. The Labute approximate surface area is 116 Å². The Hall–Kier alpha value is -2.70. The van der Waals surface area contributed by atoms with E-state index in [1.165, 1.54) is 5.56 Å². The highest BCUT2D eigenvalue weighted by atomic mass is 16.6. The molecular formula is C13H15N5O2. The first kappa shape index (κ1) is 13.7. The Morgan fingerprint density at radius 1 is 1.35 bits per heavy atom. The summed E-state index contributed by atoms with van der Waals surface area (Å²) in [4.78, 5) is 19.8. The second kappa shape index (κ2) is 5.52. The first-order chi connectivity index (χ1) is 9.52. The van der Waals surface area contributed by atoms with E-state index in [2.05, 4.69) is 16.9 Å². The lowest BCUT2D eigenvalue weighted by Gasteiger charge is -2.18. The van der Waals surface area contributed by atoms with Gasteiger partial charge in [-0.1, -0.05) is 19.1 Å². The van der Waals surface area contributed by atoms with Crippen molar-refractivity contribution in [3.05, 3.63) is 46.1 Å². The largest absolute Gasteiger partial charge is 0.368 e. The highest BCUT2D eigenvalue weighted by Gasteiger charge is 2.21. The fourth-order valence-electron chi connectivity index (χ4n) is 1.83. The Kier molecular flexibility index (Phi) is 3.79. The first-order valence-electron chi connectivity index (χ1n) is 6.12. The average Bonchev–Trinajstić information content (AvgIpc) is 2.46. The summed E-state index contributed by atoms with van der Waals surface area (Å²) in [7, 11) is 1.70. The number of anilines is 3. The molecule has 0 saturated heterocycles. The van der Waals surface area contributed by atoms with Crippen LogP contribution in [-0.2, 0) is 6.42 Å². The van der Waals surface area contributed by atoms with Gasteiger partial charge in [-0.15, -0.1) is 0 Å². The number of hydrogen-bond acceptors (Lipinski definition) is 6. The molecule has 0 unspecified atom stereocenters. The summed E-state index contributed by atoms with van der Waals surface area (Å²) >= 11 is 0. The van der Waals surface area contributed by atoms with Crippen LogP contribution in [0.3, 0.4) is 0 Å². The van der Waals surface area contributed by atoms with Crippen LogP contribution < -0.4 is 10.6 Å². The maximum Gasteiger partial charge on any atom is 0.330 e. The van der Waals surface area contributed by atoms with E-state index in [1.54, 1.807) is 11.9 Å². The Bertz CT molecular complexity index is 627. The van der Waals surface area contributed by atoms with E-state index in [0.717, 1.165) is 18.3 Å². The molecule has 0 aliphatic carbocycles. The quantitative estimate of drug-likeness (QED) is 0.678. The summed E-state index contributed by atoms with van der Waals surface area (Å²) in [5, 5.41) is 11.0. The Balaban J connectivity index is 2.43. The minimum absolute atomic E-state index is 0.00243. The van der Waals surface area contributed by atoms with E-state index < -0.39 is 4.92 Å². The average molecular weight is 273 g/mol. The van der Waals surface area contributed by atoms with Gasteiger partial charge in [0.25, 0.3) is 0 Å². The topological polar surface area (TPSA) is 98.2 Å². The molecular weight excluding hydrogens is 258 g/mol. The van der Waals surface area contributed by atoms with Crippen LogP contribution in [0.5, 0.6) is 0 Å². The molecule has 0 amide bonds. The van der Waals surface area contributed by atoms with Crippen LogP contribution >= 0.6 is 0 Å². The van der Waals surface area contributed by atoms with Crippen LogP contribution in [0.15, 0.2) is 30.5 Å². The van der Waals surface area contributed by atoms with Crippen molar-refractivity contribution in [2.45, 2.75) is 13.3 Å². The molecule has 1 aromatic heterocycles. The fraction of sp³-hybridized carbons (Fsp3) is 0.231. The van der Waals surface area contributed by atoms with Crippen molar-refractivity contribution in [3.63, 3.8) is 0 Å². The molecule has 2 rings (SSSR count). The molecule has 0 aliphatic rings. The van der Waals surface area contributed by atoms with E-state index in [4.69, 9.17) is 5.73 Å². The van der Waals surface area contributed by atoms with Gasteiger partial charge in [0.2, 0.25) is 11.8 Å². The molecule has 0 aliphatic heterocycles. The second-order valence-electron chi connectivity index (χ2n) is 4.27. The number of aromatic nitrogens is 2. The number of rotatable bonds is 4. The molecule has 104 valence electrons. The van der Waals surface area contributed by atoms with Gasteiger partial charge in [0.1, 0.15) is 6.20 Å². The molecule has 1 aromatic carbocycles. The van der Waals surface area contributed by atoms with Gasteiger partial charge in [-0.25, -0.2) is 4.98 Å². The lowest BCUT2D eigenvalue weighted by atomic mass is 10.1. The van der Waals surface area contributed by atoms with Gasteiger partial charge in [-0.05, 0) is 24.1 Å². The number of nitrogen functional groups attached to an aromatic ring is 1. The van der Waals surface area contributed by atoms with Gasteiger partial charge in [-0.3, -0.25) is 10.1 Å². The van der Waals surface area contributed by atoms with Crippen LogP contribution in [-0.4, -0.2) is 21.9 Å². The van der Waals surface area contributed by atoms with Crippen LogP contribution in [0.2, 0.25) is 0 Å². The van der Waals surface area contributed by atoms with Gasteiger partial charge in [0, 0.05) is 12.7 Å². The van der Waals surface area contributed by atoms with Crippen molar-refractivity contribution in [3.8, 4) is 0 Å². The monoisotopic (exact) mass is 273 g/mol. The highest BCUT2D eigenvalue weighted by molar-refractivity contribution is 5.68. The highest BCUT2D eigenvalue weighted by Crippen LogP contribution is 2.30. The predicted molar refractivity (Wildman–Crippen MR) is 77.0 cm³/mol. The maximum absolute atomic E-state index is 11.0. The molecule has 0 saturated carbocycles. The zero-order chi connectivity index (χ0) is 14.7. The number of aryl methyl sites for hydroxylation is 1. The minimum atomic E-state index is -0.522. The molecule has 20 heavy (non-hydrogen) atoms. The third-order valence-corrected chi connectivity index (χ3v) is 3.01. The SMILES string of the molecule is CCc1ccc(N(C)c2nc(N)ncc2[N+](=O)[O-])cc1. The maximum atomic E-state index is 11.0. The van der Waals surface area contributed by atoms with Crippen molar-refractivity contribution >= 4 is 23.1 Å². The van der Waals surface area contributed by atoms with Crippen molar-refractivity contribution < 1.29 is 4.92 Å². The summed E-state index contributed by atoms with van der Waals surface area (Å²) in [6.07, 6.45) is 2.05. The zero-order valence-electron chi connectivity index (χ0n) is 11.3. The Morgan fingerprint density at radius 3 is 2.55 bits per heavy atom. The molecule has 1 heterocycles. The molecule has 0 radical (unpaired) electrons. The van der Waals surface area contributed by atoms with Crippen LogP contribution in [0.1, 0.15) is 12.5 Å². The molecule has 0 atom stereocenters. The fourth-order valence-corrected chi connectivity index (χ4v) is 1.83.